The van der Waals surface area contributed by atoms with Gasteiger partial charge in [0.25, 0.3) is 11.8 Å². The van der Waals surface area contributed by atoms with E-state index in [2.05, 4.69) is 10.3 Å². The van der Waals surface area contributed by atoms with Gasteiger partial charge < -0.3 is 4.90 Å². The molecule has 0 aliphatic carbocycles. The SMILES string of the molecule is Cc1nc(NC(=O)c2cc(-c3ccccc3)nc3ccccc23)sc1C(=O)N(C)C. The molecule has 2 amide bonds. The second kappa shape index (κ2) is 8.04. The Morgan fingerprint density at radius 2 is 1.67 bits per heavy atom. The van der Waals surface area contributed by atoms with Gasteiger partial charge >= 0.3 is 0 Å². The van der Waals surface area contributed by atoms with Gasteiger partial charge in [0.1, 0.15) is 4.88 Å². The molecule has 0 fully saturated rings. The summed E-state index contributed by atoms with van der Waals surface area (Å²) in [5.41, 5.74) is 3.49. The molecule has 6 nitrogen and oxygen atoms in total. The van der Waals surface area contributed by atoms with Gasteiger partial charge in [0.05, 0.1) is 22.5 Å². The topological polar surface area (TPSA) is 75.2 Å². The van der Waals surface area contributed by atoms with Crippen LogP contribution in [-0.4, -0.2) is 40.8 Å². The second-order valence-electron chi connectivity index (χ2n) is 7.03. The number of nitrogens with zero attached hydrogens (tertiary/aromatic N) is 3. The standard InChI is InChI=1S/C23H20N4O2S/c1-14-20(22(29)27(2)3)30-23(24-14)26-21(28)17-13-19(15-9-5-4-6-10-15)25-18-12-8-7-11-16(17)18/h4-13H,1-3H3,(H,24,26,28). The highest BCUT2D eigenvalue weighted by Crippen LogP contribution is 2.27. The number of benzene rings is 2. The molecule has 0 atom stereocenters. The zero-order valence-corrected chi connectivity index (χ0v) is 17.7. The van der Waals surface area contributed by atoms with Gasteiger partial charge in [-0.2, -0.15) is 0 Å². The third kappa shape index (κ3) is 3.79. The highest BCUT2D eigenvalue weighted by Gasteiger charge is 2.20. The van der Waals surface area contributed by atoms with Crippen molar-refractivity contribution >= 4 is 39.2 Å². The minimum absolute atomic E-state index is 0.133. The molecule has 150 valence electrons. The number of hydrogen-bond acceptors (Lipinski definition) is 5. The summed E-state index contributed by atoms with van der Waals surface area (Å²) in [7, 11) is 3.38. The molecule has 0 spiro atoms. The summed E-state index contributed by atoms with van der Waals surface area (Å²) in [5.74, 6) is -0.422. The molecule has 4 aromatic rings. The zero-order chi connectivity index (χ0) is 21.3. The lowest BCUT2D eigenvalue weighted by molar-refractivity contribution is 0.0831. The number of fused-ring (bicyclic) bond motifs is 1. The maximum atomic E-state index is 13.2. The van der Waals surface area contributed by atoms with Crippen molar-refractivity contribution in [3.05, 3.63) is 76.8 Å². The lowest BCUT2D eigenvalue weighted by Crippen LogP contribution is -2.21. The fraction of sp³-hybridized carbons (Fsp3) is 0.130. The van der Waals surface area contributed by atoms with Crippen LogP contribution >= 0.6 is 11.3 Å². The summed E-state index contributed by atoms with van der Waals surface area (Å²) < 4.78 is 0. The Hall–Kier alpha value is -3.58. The largest absolute Gasteiger partial charge is 0.344 e. The van der Waals surface area contributed by atoms with Crippen molar-refractivity contribution in [3.63, 3.8) is 0 Å². The number of pyridine rings is 1. The van der Waals surface area contributed by atoms with Crippen molar-refractivity contribution in [2.24, 2.45) is 0 Å². The number of aryl methyl sites for hydroxylation is 1. The number of thiazole rings is 1. The van der Waals surface area contributed by atoms with Gasteiger partial charge in [-0.3, -0.25) is 14.9 Å². The van der Waals surface area contributed by atoms with Crippen molar-refractivity contribution < 1.29 is 9.59 Å². The van der Waals surface area contributed by atoms with Crippen LogP contribution in [0.3, 0.4) is 0 Å². The summed E-state index contributed by atoms with van der Waals surface area (Å²) in [6.07, 6.45) is 0. The first-order valence-corrected chi connectivity index (χ1v) is 10.2. The molecular formula is C23H20N4O2S. The Balaban J connectivity index is 1.73. The molecule has 0 aliphatic rings. The summed E-state index contributed by atoms with van der Waals surface area (Å²) >= 11 is 1.18. The molecule has 7 heteroatoms. The van der Waals surface area contributed by atoms with Crippen LogP contribution in [-0.2, 0) is 0 Å². The highest BCUT2D eigenvalue weighted by atomic mass is 32.1. The predicted octanol–water partition coefficient (Wildman–Crippen LogP) is 4.62. The minimum atomic E-state index is -0.289. The Kier molecular flexibility index (Phi) is 5.29. The van der Waals surface area contributed by atoms with Gasteiger partial charge in [-0.1, -0.05) is 59.9 Å². The molecule has 0 unspecified atom stereocenters. The molecule has 2 aromatic carbocycles. The van der Waals surface area contributed by atoms with Gasteiger partial charge in [-0.25, -0.2) is 9.97 Å². The van der Waals surface area contributed by atoms with E-state index in [-0.39, 0.29) is 11.8 Å². The molecule has 0 aliphatic heterocycles. The molecule has 0 bridgehead atoms. The third-order valence-corrected chi connectivity index (χ3v) is 5.71. The van der Waals surface area contributed by atoms with Crippen molar-refractivity contribution in [1.29, 1.82) is 0 Å². The third-order valence-electron chi connectivity index (χ3n) is 4.65. The molecular weight excluding hydrogens is 396 g/mol. The maximum absolute atomic E-state index is 13.2. The number of rotatable bonds is 4. The molecule has 1 N–H and O–H groups in total. The normalized spacial score (nSPS) is 10.8. The van der Waals surface area contributed by atoms with Gasteiger partial charge in [0.15, 0.2) is 5.13 Å². The van der Waals surface area contributed by atoms with E-state index < -0.39 is 0 Å². The molecule has 0 saturated carbocycles. The summed E-state index contributed by atoms with van der Waals surface area (Å²) in [6, 6.07) is 19.1. The Bertz CT molecular complexity index is 1250. The molecule has 0 radical (unpaired) electrons. The van der Waals surface area contributed by atoms with E-state index in [0.29, 0.717) is 21.3 Å². The Morgan fingerprint density at radius 1 is 0.967 bits per heavy atom. The average Bonchev–Trinajstić information content (AvgIpc) is 3.12. The minimum Gasteiger partial charge on any atom is -0.344 e. The lowest BCUT2D eigenvalue weighted by Gasteiger charge is -2.09. The van der Waals surface area contributed by atoms with Crippen LogP contribution in [0.4, 0.5) is 5.13 Å². The highest BCUT2D eigenvalue weighted by molar-refractivity contribution is 7.17. The smallest absolute Gasteiger partial charge is 0.265 e. The molecule has 2 heterocycles. The summed E-state index contributed by atoms with van der Waals surface area (Å²) in [5, 5.41) is 4.00. The summed E-state index contributed by atoms with van der Waals surface area (Å²) in [4.78, 5) is 36.5. The number of carbonyl (C=O) groups is 2. The summed E-state index contributed by atoms with van der Waals surface area (Å²) in [6.45, 7) is 1.76. The van der Waals surface area contributed by atoms with Gasteiger partial charge in [0, 0.05) is 25.0 Å². The first-order valence-electron chi connectivity index (χ1n) is 9.39. The van der Waals surface area contributed by atoms with Crippen molar-refractivity contribution in [3.8, 4) is 11.3 Å². The van der Waals surface area contributed by atoms with Gasteiger partial charge in [-0.15, -0.1) is 0 Å². The fourth-order valence-electron chi connectivity index (χ4n) is 3.14. The lowest BCUT2D eigenvalue weighted by atomic mass is 10.0. The van der Waals surface area contributed by atoms with Crippen LogP contribution in [0.1, 0.15) is 25.7 Å². The number of anilines is 1. The van der Waals surface area contributed by atoms with E-state index >= 15 is 0 Å². The molecule has 2 aromatic heterocycles. The number of nitrogens with one attached hydrogen (secondary N) is 1. The van der Waals surface area contributed by atoms with Crippen molar-refractivity contribution in [1.82, 2.24) is 14.9 Å². The number of para-hydroxylation sites is 1. The molecule has 30 heavy (non-hydrogen) atoms. The van der Waals surface area contributed by atoms with Gasteiger partial charge in [-0.05, 0) is 19.1 Å². The number of aromatic nitrogens is 2. The fourth-order valence-corrected chi connectivity index (χ4v) is 4.12. The van der Waals surface area contributed by atoms with Crippen LogP contribution in [0.15, 0.2) is 60.7 Å². The van der Waals surface area contributed by atoms with Crippen LogP contribution in [0.2, 0.25) is 0 Å². The van der Waals surface area contributed by atoms with Crippen LogP contribution in [0.25, 0.3) is 22.2 Å². The van der Waals surface area contributed by atoms with E-state index in [1.54, 1.807) is 27.1 Å². The second-order valence-corrected chi connectivity index (χ2v) is 8.02. The molecule has 0 saturated heterocycles. The van der Waals surface area contributed by atoms with E-state index in [1.165, 1.54) is 16.2 Å². The zero-order valence-electron chi connectivity index (χ0n) is 16.8. The predicted molar refractivity (Wildman–Crippen MR) is 120 cm³/mol. The van der Waals surface area contributed by atoms with E-state index in [9.17, 15) is 9.59 Å². The van der Waals surface area contributed by atoms with Crippen molar-refractivity contribution in [2.45, 2.75) is 6.92 Å². The quantitative estimate of drug-likeness (QED) is 0.527. The van der Waals surface area contributed by atoms with Crippen LogP contribution in [0, 0.1) is 6.92 Å². The number of carbonyl (C=O) groups excluding carboxylic acids is 2. The van der Waals surface area contributed by atoms with E-state index in [0.717, 1.165) is 22.2 Å². The van der Waals surface area contributed by atoms with E-state index in [4.69, 9.17) is 4.98 Å². The maximum Gasteiger partial charge on any atom is 0.265 e. The number of hydrogen-bond donors (Lipinski definition) is 1. The average molecular weight is 417 g/mol. The van der Waals surface area contributed by atoms with E-state index in [1.807, 2.05) is 54.6 Å². The Labute approximate surface area is 178 Å². The molecule has 4 rings (SSSR count). The Morgan fingerprint density at radius 3 is 2.40 bits per heavy atom. The van der Waals surface area contributed by atoms with Gasteiger partial charge in [0.2, 0.25) is 0 Å². The van der Waals surface area contributed by atoms with Crippen LogP contribution in [0.5, 0.6) is 0 Å². The monoisotopic (exact) mass is 416 g/mol. The first-order chi connectivity index (χ1) is 14.4. The number of amides is 2. The van der Waals surface area contributed by atoms with Crippen molar-refractivity contribution in [2.75, 3.05) is 19.4 Å². The first kappa shape index (κ1) is 19.7. The van der Waals surface area contributed by atoms with Crippen LogP contribution < -0.4 is 5.32 Å².